The summed E-state index contributed by atoms with van der Waals surface area (Å²) in [7, 11) is 0. The zero-order valence-electron chi connectivity index (χ0n) is 9.88. The van der Waals surface area contributed by atoms with Gasteiger partial charge in [0.25, 0.3) is 0 Å². The Hall–Kier alpha value is -1.18. The fourth-order valence-electron chi connectivity index (χ4n) is 1.80. The number of phenols is 1. The average molecular weight is 207 g/mol. The molecule has 0 bridgehead atoms. The highest BCUT2D eigenvalue weighted by Crippen LogP contribution is 2.28. The van der Waals surface area contributed by atoms with Crippen molar-refractivity contribution in [2.45, 2.75) is 46.1 Å². The minimum Gasteiger partial charge on any atom is -0.506 e. The second-order valence-electron chi connectivity index (χ2n) is 4.00. The Labute approximate surface area is 92.3 Å². The lowest BCUT2D eigenvalue weighted by molar-refractivity contribution is 0.475. The van der Waals surface area contributed by atoms with Crippen LogP contribution >= 0.6 is 0 Å². The van der Waals surface area contributed by atoms with Crippen molar-refractivity contribution < 1.29 is 5.11 Å². The Bertz CT molecular complexity index is 309. The van der Waals surface area contributed by atoms with E-state index in [2.05, 4.69) is 32.2 Å². The number of benzene rings is 1. The number of hydrogen-bond donors (Lipinski definition) is 2. The Morgan fingerprint density at radius 3 is 2.67 bits per heavy atom. The summed E-state index contributed by atoms with van der Waals surface area (Å²) in [6.07, 6.45) is 3.22. The van der Waals surface area contributed by atoms with Gasteiger partial charge in [-0.2, -0.15) is 0 Å². The van der Waals surface area contributed by atoms with Crippen LogP contribution in [0.15, 0.2) is 18.2 Å². The maximum Gasteiger partial charge on any atom is 0.138 e. The molecule has 15 heavy (non-hydrogen) atoms. The van der Waals surface area contributed by atoms with E-state index in [-0.39, 0.29) is 0 Å². The molecule has 0 amide bonds. The summed E-state index contributed by atoms with van der Waals surface area (Å²) in [5.41, 5.74) is 2.08. The van der Waals surface area contributed by atoms with Crippen molar-refractivity contribution in [1.29, 1.82) is 0 Å². The van der Waals surface area contributed by atoms with E-state index in [0.29, 0.717) is 11.8 Å². The Balaban J connectivity index is 2.82. The number of aryl methyl sites for hydroxylation is 1. The molecule has 0 saturated carbocycles. The third-order valence-electron chi connectivity index (χ3n) is 2.62. The molecule has 2 heteroatoms. The molecule has 0 radical (unpaired) electrons. The molecule has 1 aromatic rings. The van der Waals surface area contributed by atoms with Crippen LogP contribution in [0.3, 0.4) is 0 Å². The van der Waals surface area contributed by atoms with Gasteiger partial charge in [0.1, 0.15) is 5.75 Å². The molecule has 0 spiro atoms. The molecule has 1 aromatic carbocycles. The zero-order chi connectivity index (χ0) is 11.3. The van der Waals surface area contributed by atoms with Crippen LogP contribution in [0, 0.1) is 0 Å². The van der Waals surface area contributed by atoms with E-state index >= 15 is 0 Å². The normalized spacial score (nSPS) is 12.5. The minimum absolute atomic E-state index is 0.359. The molecule has 0 heterocycles. The van der Waals surface area contributed by atoms with E-state index in [4.69, 9.17) is 0 Å². The Morgan fingerprint density at radius 1 is 1.33 bits per heavy atom. The van der Waals surface area contributed by atoms with Gasteiger partial charge in [0.2, 0.25) is 0 Å². The highest BCUT2D eigenvalue weighted by molar-refractivity contribution is 5.61. The summed E-state index contributed by atoms with van der Waals surface area (Å²) in [5.74, 6) is 0.359. The smallest absolute Gasteiger partial charge is 0.138 e. The van der Waals surface area contributed by atoms with Crippen LogP contribution in [0.4, 0.5) is 5.69 Å². The highest BCUT2D eigenvalue weighted by atomic mass is 16.3. The van der Waals surface area contributed by atoms with Crippen LogP contribution in [0.2, 0.25) is 0 Å². The maximum absolute atomic E-state index is 9.78. The van der Waals surface area contributed by atoms with Crippen LogP contribution in [-0.4, -0.2) is 11.1 Å². The summed E-state index contributed by atoms with van der Waals surface area (Å²) in [5, 5.41) is 13.2. The topological polar surface area (TPSA) is 32.3 Å². The summed E-state index contributed by atoms with van der Waals surface area (Å²) >= 11 is 0. The van der Waals surface area contributed by atoms with E-state index in [9.17, 15) is 5.11 Å². The SMILES string of the molecule is CCCC(C)Nc1c(O)cccc1CC. The van der Waals surface area contributed by atoms with Crippen molar-refractivity contribution >= 4 is 5.69 Å². The number of para-hydroxylation sites is 1. The standard InChI is InChI=1S/C13H21NO/c1-4-7-10(3)14-13-11(5-2)8-6-9-12(13)15/h6,8-10,14-15H,4-5,7H2,1-3H3. The van der Waals surface area contributed by atoms with Gasteiger partial charge in [0.05, 0.1) is 5.69 Å². The fourth-order valence-corrected chi connectivity index (χ4v) is 1.80. The molecule has 1 atom stereocenters. The molecule has 0 saturated heterocycles. The second-order valence-corrected chi connectivity index (χ2v) is 4.00. The van der Waals surface area contributed by atoms with Crippen molar-refractivity contribution in [2.24, 2.45) is 0 Å². The van der Waals surface area contributed by atoms with Gasteiger partial charge in [0, 0.05) is 6.04 Å². The molecule has 2 N–H and O–H groups in total. The van der Waals surface area contributed by atoms with Gasteiger partial charge in [-0.1, -0.05) is 32.4 Å². The Kier molecular flexibility index (Phi) is 4.47. The molecule has 0 aliphatic rings. The zero-order valence-corrected chi connectivity index (χ0v) is 9.88. The summed E-state index contributed by atoms with van der Waals surface area (Å²) < 4.78 is 0. The van der Waals surface area contributed by atoms with Crippen molar-refractivity contribution in [3.05, 3.63) is 23.8 Å². The van der Waals surface area contributed by atoms with Crippen molar-refractivity contribution in [3.8, 4) is 5.75 Å². The molecule has 0 aliphatic carbocycles. The Morgan fingerprint density at radius 2 is 2.07 bits per heavy atom. The van der Waals surface area contributed by atoms with Crippen molar-refractivity contribution in [3.63, 3.8) is 0 Å². The number of aromatic hydroxyl groups is 1. The van der Waals surface area contributed by atoms with Crippen LogP contribution in [0.25, 0.3) is 0 Å². The monoisotopic (exact) mass is 207 g/mol. The van der Waals surface area contributed by atoms with Crippen LogP contribution in [0.1, 0.15) is 39.2 Å². The molecule has 84 valence electrons. The lowest BCUT2D eigenvalue weighted by atomic mass is 10.1. The number of nitrogens with one attached hydrogen (secondary N) is 1. The van der Waals surface area contributed by atoms with E-state index in [1.54, 1.807) is 6.07 Å². The van der Waals surface area contributed by atoms with Gasteiger partial charge >= 0.3 is 0 Å². The van der Waals surface area contributed by atoms with Crippen LogP contribution < -0.4 is 5.32 Å². The first-order chi connectivity index (χ1) is 7.19. The lowest BCUT2D eigenvalue weighted by Crippen LogP contribution is -2.15. The fraction of sp³-hybridized carbons (Fsp3) is 0.538. The van der Waals surface area contributed by atoms with Gasteiger partial charge in [-0.15, -0.1) is 0 Å². The van der Waals surface area contributed by atoms with E-state index < -0.39 is 0 Å². The molecule has 0 aliphatic heterocycles. The third kappa shape index (κ3) is 3.15. The number of hydrogen-bond acceptors (Lipinski definition) is 2. The van der Waals surface area contributed by atoms with Gasteiger partial charge in [-0.3, -0.25) is 0 Å². The molecular formula is C13H21NO. The first-order valence-electron chi connectivity index (χ1n) is 5.76. The molecule has 1 rings (SSSR count). The summed E-state index contributed by atoms with van der Waals surface area (Å²) in [6, 6.07) is 6.10. The molecule has 2 nitrogen and oxygen atoms in total. The quantitative estimate of drug-likeness (QED) is 0.724. The largest absolute Gasteiger partial charge is 0.506 e. The molecule has 1 unspecified atom stereocenters. The van der Waals surface area contributed by atoms with Crippen LogP contribution in [-0.2, 0) is 6.42 Å². The second kappa shape index (κ2) is 5.64. The van der Waals surface area contributed by atoms with Crippen LogP contribution in [0.5, 0.6) is 5.75 Å². The first-order valence-corrected chi connectivity index (χ1v) is 5.76. The van der Waals surface area contributed by atoms with Gasteiger partial charge < -0.3 is 10.4 Å². The predicted octanol–water partition coefficient (Wildman–Crippen LogP) is 3.56. The molecule has 0 fully saturated rings. The predicted molar refractivity (Wildman–Crippen MR) is 65.5 cm³/mol. The van der Waals surface area contributed by atoms with E-state index in [1.807, 2.05) is 6.07 Å². The van der Waals surface area contributed by atoms with Gasteiger partial charge in [-0.05, 0) is 31.4 Å². The molecule has 0 aromatic heterocycles. The lowest BCUT2D eigenvalue weighted by Gasteiger charge is -2.18. The summed E-state index contributed by atoms with van der Waals surface area (Å²) in [4.78, 5) is 0. The first kappa shape index (κ1) is 11.9. The van der Waals surface area contributed by atoms with Gasteiger partial charge in [-0.25, -0.2) is 0 Å². The van der Waals surface area contributed by atoms with E-state index in [0.717, 1.165) is 24.9 Å². The third-order valence-corrected chi connectivity index (χ3v) is 2.62. The van der Waals surface area contributed by atoms with Gasteiger partial charge in [0.15, 0.2) is 0 Å². The number of anilines is 1. The van der Waals surface area contributed by atoms with E-state index in [1.165, 1.54) is 5.56 Å². The minimum atomic E-state index is 0.359. The van der Waals surface area contributed by atoms with Crippen molar-refractivity contribution in [2.75, 3.05) is 5.32 Å². The number of phenolic OH excluding ortho intramolecular Hbond substituents is 1. The molecular weight excluding hydrogens is 186 g/mol. The van der Waals surface area contributed by atoms with Crippen molar-refractivity contribution in [1.82, 2.24) is 0 Å². The summed E-state index contributed by atoms with van der Waals surface area (Å²) in [6.45, 7) is 6.42. The highest BCUT2D eigenvalue weighted by Gasteiger charge is 2.08. The number of rotatable bonds is 5. The maximum atomic E-state index is 9.78. The average Bonchev–Trinajstić information content (AvgIpc) is 2.21.